The summed E-state index contributed by atoms with van der Waals surface area (Å²) in [5.41, 5.74) is 5.91. The highest BCUT2D eigenvalue weighted by atomic mass is 19.4. The van der Waals surface area contributed by atoms with Crippen molar-refractivity contribution in [3.05, 3.63) is 65.2 Å². The van der Waals surface area contributed by atoms with E-state index in [-0.39, 0.29) is 25.2 Å². The van der Waals surface area contributed by atoms with Crippen LogP contribution in [0.15, 0.2) is 48.5 Å². The van der Waals surface area contributed by atoms with Crippen LogP contribution >= 0.6 is 0 Å². The summed E-state index contributed by atoms with van der Waals surface area (Å²) in [6.45, 7) is 0.235. The zero-order valence-corrected chi connectivity index (χ0v) is 15.1. The third-order valence-corrected chi connectivity index (χ3v) is 4.22. The normalized spacial score (nSPS) is 11.4. The molecule has 27 heavy (non-hydrogen) atoms. The van der Waals surface area contributed by atoms with Crippen molar-refractivity contribution in [2.45, 2.75) is 44.7 Å². The fraction of sp³-hybridized carbons (Fsp3) is 0.381. The number of amides is 1. The van der Waals surface area contributed by atoms with Gasteiger partial charge in [0, 0.05) is 6.42 Å². The topological polar surface area (TPSA) is 52.3 Å². The molecule has 2 N–H and O–H groups in total. The summed E-state index contributed by atoms with van der Waals surface area (Å²) in [4.78, 5) is 10.8. The molecule has 0 aliphatic rings. The third-order valence-electron chi connectivity index (χ3n) is 4.22. The number of rotatable bonds is 10. The molecule has 0 aromatic heterocycles. The van der Waals surface area contributed by atoms with Gasteiger partial charge in [-0.05, 0) is 55.4 Å². The van der Waals surface area contributed by atoms with E-state index in [1.807, 2.05) is 18.2 Å². The molecule has 0 radical (unpaired) electrons. The highest BCUT2D eigenvalue weighted by Gasteiger charge is 2.34. The molecule has 146 valence electrons. The third kappa shape index (κ3) is 7.33. The van der Waals surface area contributed by atoms with Gasteiger partial charge in [-0.15, -0.1) is 0 Å². The number of halogens is 3. The summed E-state index contributed by atoms with van der Waals surface area (Å²) in [6.07, 6.45) is -0.836. The van der Waals surface area contributed by atoms with Crippen molar-refractivity contribution in [1.29, 1.82) is 0 Å². The molecule has 6 heteroatoms. The van der Waals surface area contributed by atoms with Crippen LogP contribution in [0, 0.1) is 0 Å². The molecule has 2 aromatic rings. The van der Waals surface area contributed by atoms with E-state index >= 15 is 0 Å². The minimum atomic E-state index is -4.51. The SMILES string of the molecule is NC(=O)CCc1ccc(OCCCCCc2ccccc2)c(C(F)(F)F)c1. The van der Waals surface area contributed by atoms with Crippen LogP contribution in [0.4, 0.5) is 13.2 Å². The van der Waals surface area contributed by atoms with Gasteiger partial charge in [0.05, 0.1) is 12.2 Å². The Labute approximate surface area is 157 Å². The number of hydrogen-bond acceptors (Lipinski definition) is 2. The lowest BCUT2D eigenvalue weighted by Crippen LogP contribution is -2.13. The maximum absolute atomic E-state index is 13.3. The maximum atomic E-state index is 13.3. The first-order valence-electron chi connectivity index (χ1n) is 9.01. The highest BCUT2D eigenvalue weighted by Crippen LogP contribution is 2.37. The number of hydrogen-bond donors (Lipinski definition) is 1. The van der Waals surface area contributed by atoms with Gasteiger partial charge in [-0.2, -0.15) is 13.2 Å². The number of carbonyl (C=O) groups is 1. The number of ether oxygens (including phenoxy) is 1. The average molecular weight is 379 g/mol. The van der Waals surface area contributed by atoms with Crippen molar-refractivity contribution in [2.75, 3.05) is 6.61 Å². The highest BCUT2D eigenvalue weighted by molar-refractivity contribution is 5.74. The number of carbonyl (C=O) groups excluding carboxylic acids is 1. The molecule has 2 aromatic carbocycles. The second-order valence-corrected chi connectivity index (χ2v) is 6.44. The fourth-order valence-corrected chi connectivity index (χ4v) is 2.78. The predicted molar refractivity (Wildman–Crippen MR) is 98.5 cm³/mol. The second kappa shape index (κ2) is 10.00. The van der Waals surface area contributed by atoms with E-state index < -0.39 is 17.6 Å². The molecule has 1 amide bonds. The van der Waals surface area contributed by atoms with E-state index in [1.54, 1.807) is 6.07 Å². The van der Waals surface area contributed by atoms with E-state index in [4.69, 9.17) is 10.5 Å². The lowest BCUT2D eigenvalue weighted by atomic mass is 10.0. The molecule has 0 spiro atoms. The Kier molecular flexibility index (Phi) is 7.70. The Morgan fingerprint density at radius 1 is 0.926 bits per heavy atom. The second-order valence-electron chi connectivity index (χ2n) is 6.44. The molecule has 0 heterocycles. The van der Waals surface area contributed by atoms with Crippen LogP contribution < -0.4 is 10.5 Å². The van der Waals surface area contributed by atoms with Crippen molar-refractivity contribution >= 4 is 5.91 Å². The number of alkyl halides is 3. The van der Waals surface area contributed by atoms with Crippen LogP contribution in [0.2, 0.25) is 0 Å². The van der Waals surface area contributed by atoms with Gasteiger partial charge >= 0.3 is 6.18 Å². The smallest absolute Gasteiger partial charge is 0.419 e. The number of primary amides is 1. The van der Waals surface area contributed by atoms with Gasteiger partial charge in [0.15, 0.2) is 0 Å². The first-order valence-corrected chi connectivity index (χ1v) is 9.01. The lowest BCUT2D eigenvalue weighted by molar-refractivity contribution is -0.139. The predicted octanol–water partition coefficient (Wildman–Crippen LogP) is 4.92. The van der Waals surface area contributed by atoms with Gasteiger partial charge < -0.3 is 10.5 Å². The molecule has 0 aliphatic heterocycles. The van der Waals surface area contributed by atoms with Crippen molar-refractivity contribution in [1.82, 2.24) is 0 Å². The monoisotopic (exact) mass is 379 g/mol. The maximum Gasteiger partial charge on any atom is 0.419 e. The summed E-state index contributed by atoms with van der Waals surface area (Å²) in [5.74, 6) is -0.715. The van der Waals surface area contributed by atoms with Gasteiger partial charge in [-0.1, -0.05) is 36.4 Å². The number of benzene rings is 2. The molecule has 0 saturated heterocycles. The van der Waals surface area contributed by atoms with Crippen molar-refractivity contribution in [2.24, 2.45) is 5.73 Å². The minimum Gasteiger partial charge on any atom is -0.493 e. The van der Waals surface area contributed by atoms with Crippen molar-refractivity contribution in [3.63, 3.8) is 0 Å². The Balaban J connectivity index is 1.84. The van der Waals surface area contributed by atoms with Gasteiger partial charge in [-0.25, -0.2) is 0 Å². The summed E-state index contributed by atoms with van der Waals surface area (Å²) in [5, 5.41) is 0. The Bertz CT molecular complexity index is 730. The quantitative estimate of drug-likeness (QED) is 0.596. The molecule has 3 nitrogen and oxygen atoms in total. The average Bonchev–Trinajstić information content (AvgIpc) is 2.63. The summed E-state index contributed by atoms with van der Waals surface area (Å²) < 4.78 is 45.2. The van der Waals surface area contributed by atoms with Gasteiger partial charge in [0.2, 0.25) is 5.91 Å². The number of nitrogens with two attached hydrogens (primary N) is 1. The summed E-state index contributed by atoms with van der Waals surface area (Å²) in [7, 11) is 0. The fourth-order valence-electron chi connectivity index (χ4n) is 2.78. The number of aryl methyl sites for hydroxylation is 2. The van der Waals surface area contributed by atoms with Crippen molar-refractivity contribution in [3.8, 4) is 5.75 Å². The summed E-state index contributed by atoms with van der Waals surface area (Å²) in [6, 6.07) is 14.0. The molecule has 0 saturated carbocycles. The Morgan fingerprint density at radius 3 is 2.33 bits per heavy atom. The van der Waals surface area contributed by atoms with E-state index in [0.29, 0.717) is 12.0 Å². The van der Waals surface area contributed by atoms with Crippen LogP contribution in [-0.2, 0) is 23.8 Å². The number of unbranched alkanes of at least 4 members (excludes halogenated alkanes) is 2. The van der Waals surface area contributed by atoms with Crippen LogP contribution in [0.25, 0.3) is 0 Å². The van der Waals surface area contributed by atoms with Gasteiger partial charge in [0.1, 0.15) is 5.75 Å². The van der Waals surface area contributed by atoms with Crippen LogP contribution in [-0.4, -0.2) is 12.5 Å². The van der Waals surface area contributed by atoms with E-state index in [2.05, 4.69) is 12.1 Å². The molecule has 0 unspecified atom stereocenters. The van der Waals surface area contributed by atoms with Gasteiger partial charge in [-0.3, -0.25) is 4.79 Å². The molecule has 0 bridgehead atoms. The molecule has 0 fully saturated rings. The van der Waals surface area contributed by atoms with E-state index in [1.165, 1.54) is 11.6 Å². The lowest BCUT2D eigenvalue weighted by Gasteiger charge is -2.15. The largest absolute Gasteiger partial charge is 0.493 e. The summed E-state index contributed by atoms with van der Waals surface area (Å²) >= 11 is 0. The Hall–Kier alpha value is -2.50. The zero-order chi connectivity index (χ0) is 19.7. The molecule has 0 atom stereocenters. The molecular weight excluding hydrogens is 355 g/mol. The standard InChI is InChI=1S/C21H24F3NO2/c22-21(23,24)18-15-17(11-13-20(25)26)10-12-19(18)27-14-6-2-5-9-16-7-3-1-4-8-16/h1,3-4,7-8,10,12,15H,2,5-6,9,11,13-14H2,(H2,25,26). The molecule has 2 rings (SSSR count). The van der Waals surface area contributed by atoms with Crippen LogP contribution in [0.5, 0.6) is 5.75 Å². The van der Waals surface area contributed by atoms with Gasteiger partial charge in [0.25, 0.3) is 0 Å². The van der Waals surface area contributed by atoms with Crippen molar-refractivity contribution < 1.29 is 22.7 Å². The van der Waals surface area contributed by atoms with E-state index in [9.17, 15) is 18.0 Å². The van der Waals surface area contributed by atoms with Crippen LogP contribution in [0.1, 0.15) is 42.4 Å². The van der Waals surface area contributed by atoms with E-state index in [0.717, 1.165) is 25.3 Å². The molecular formula is C21H24F3NO2. The first kappa shape index (κ1) is 20.8. The van der Waals surface area contributed by atoms with Crippen LogP contribution in [0.3, 0.4) is 0 Å². The molecule has 0 aliphatic carbocycles. The minimum absolute atomic E-state index is 0.0128. The Morgan fingerprint density at radius 2 is 1.67 bits per heavy atom. The zero-order valence-electron chi connectivity index (χ0n) is 15.1. The first-order chi connectivity index (χ1) is 12.9.